The van der Waals surface area contributed by atoms with Crippen molar-refractivity contribution in [2.75, 3.05) is 0 Å². The number of amides is 2. The quantitative estimate of drug-likeness (QED) is 0.329. The molecule has 150 valence electrons. The summed E-state index contributed by atoms with van der Waals surface area (Å²) >= 11 is 0. The van der Waals surface area contributed by atoms with Gasteiger partial charge in [0.15, 0.2) is 0 Å². The lowest BCUT2D eigenvalue weighted by atomic mass is 10.0. The molecule has 6 N–H and O–H groups in total. The zero-order chi connectivity index (χ0) is 20.4. The van der Waals surface area contributed by atoms with Crippen LogP contribution in [0, 0.1) is 11.8 Å². The van der Waals surface area contributed by atoms with Crippen LogP contribution in [0.3, 0.4) is 0 Å². The molecule has 0 aromatic rings. The van der Waals surface area contributed by atoms with Crippen LogP contribution in [0.4, 0.5) is 0 Å². The van der Waals surface area contributed by atoms with Gasteiger partial charge in [0.1, 0.15) is 12.1 Å². The Hall–Kier alpha value is -2.16. The predicted octanol–water partition coefficient (Wildman–Crippen LogP) is 0.325. The highest BCUT2D eigenvalue weighted by atomic mass is 16.4. The van der Waals surface area contributed by atoms with E-state index in [9.17, 15) is 24.3 Å². The van der Waals surface area contributed by atoms with Crippen molar-refractivity contribution in [3.63, 3.8) is 0 Å². The summed E-state index contributed by atoms with van der Waals surface area (Å²) in [6, 6.07) is -3.11. The van der Waals surface area contributed by atoms with Crippen LogP contribution in [0.2, 0.25) is 0 Å². The van der Waals surface area contributed by atoms with Crippen molar-refractivity contribution < 1.29 is 29.4 Å². The van der Waals surface area contributed by atoms with Gasteiger partial charge in [-0.05, 0) is 31.1 Å². The fraction of sp³-hybridized carbons (Fsp3) is 0.765. The van der Waals surface area contributed by atoms with Gasteiger partial charge in [0.25, 0.3) is 0 Å². The lowest BCUT2D eigenvalue weighted by Crippen LogP contribution is -2.54. The minimum atomic E-state index is -1.19. The average molecular weight is 373 g/mol. The maximum absolute atomic E-state index is 12.4. The van der Waals surface area contributed by atoms with E-state index in [1.165, 1.54) is 0 Å². The SMILES string of the molecule is CC(C)CC(N)C(=O)NC(CCC(=O)O)C(=O)NC(CC(C)C)C(=O)O. The lowest BCUT2D eigenvalue weighted by Gasteiger charge is -2.23. The van der Waals surface area contributed by atoms with E-state index in [0.29, 0.717) is 6.42 Å². The molecule has 0 aromatic heterocycles. The molecule has 2 amide bonds. The van der Waals surface area contributed by atoms with Crippen LogP contribution in [-0.4, -0.2) is 52.1 Å². The Kier molecular flexibility index (Phi) is 10.5. The number of carboxylic acids is 2. The Morgan fingerprint density at radius 1 is 0.846 bits per heavy atom. The van der Waals surface area contributed by atoms with Crippen LogP contribution in [0.5, 0.6) is 0 Å². The molecule has 3 atom stereocenters. The maximum Gasteiger partial charge on any atom is 0.326 e. The van der Waals surface area contributed by atoms with Gasteiger partial charge in [-0.15, -0.1) is 0 Å². The van der Waals surface area contributed by atoms with E-state index in [2.05, 4.69) is 10.6 Å². The third-order valence-corrected chi connectivity index (χ3v) is 3.66. The summed E-state index contributed by atoms with van der Waals surface area (Å²) < 4.78 is 0. The molecule has 0 aliphatic rings. The van der Waals surface area contributed by atoms with Gasteiger partial charge in [-0.2, -0.15) is 0 Å². The van der Waals surface area contributed by atoms with Crippen LogP contribution in [-0.2, 0) is 19.2 Å². The normalized spacial score (nSPS) is 14.6. The number of hydrogen-bond acceptors (Lipinski definition) is 5. The minimum absolute atomic E-state index is 0.0305. The standard InChI is InChI=1S/C17H31N3O6/c1-9(2)7-11(18)15(23)19-12(5-6-14(21)22)16(24)20-13(17(25)26)8-10(3)4/h9-13H,5-8,18H2,1-4H3,(H,19,23)(H,20,24)(H,21,22)(H,25,26). The summed E-state index contributed by atoms with van der Waals surface area (Å²) in [5.74, 6) is -3.41. The molecule has 0 radical (unpaired) electrons. The van der Waals surface area contributed by atoms with Crippen LogP contribution >= 0.6 is 0 Å². The number of hydrogen-bond donors (Lipinski definition) is 5. The van der Waals surface area contributed by atoms with E-state index < -0.39 is 41.9 Å². The highest BCUT2D eigenvalue weighted by Crippen LogP contribution is 2.08. The van der Waals surface area contributed by atoms with Gasteiger partial charge in [0.2, 0.25) is 11.8 Å². The second-order valence-corrected chi connectivity index (χ2v) is 7.26. The van der Waals surface area contributed by atoms with Gasteiger partial charge in [0, 0.05) is 6.42 Å². The molecule has 0 spiro atoms. The molecule has 0 bridgehead atoms. The number of carboxylic acid groups (broad SMARTS) is 2. The van der Waals surface area contributed by atoms with Gasteiger partial charge < -0.3 is 26.6 Å². The molecule has 0 heterocycles. The molecule has 9 heteroatoms. The molecule has 0 aromatic carbocycles. The molecule has 0 saturated carbocycles. The van der Waals surface area contributed by atoms with Gasteiger partial charge in [-0.3, -0.25) is 14.4 Å². The third kappa shape index (κ3) is 9.97. The lowest BCUT2D eigenvalue weighted by molar-refractivity contribution is -0.143. The molecule has 0 saturated heterocycles. The fourth-order valence-corrected chi connectivity index (χ4v) is 2.40. The summed E-state index contributed by atoms with van der Waals surface area (Å²) in [4.78, 5) is 46.7. The highest BCUT2D eigenvalue weighted by molar-refractivity contribution is 5.92. The number of nitrogens with one attached hydrogen (secondary N) is 2. The van der Waals surface area contributed by atoms with Crippen LogP contribution in [0.15, 0.2) is 0 Å². The summed E-state index contributed by atoms with van der Waals surface area (Å²) in [7, 11) is 0. The van der Waals surface area contributed by atoms with E-state index in [1.807, 2.05) is 27.7 Å². The smallest absolute Gasteiger partial charge is 0.326 e. The van der Waals surface area contributed by atoms with Crippen LogP contribution in [0.25, 0.3) is 0 Å². The monoisotopic (exact) mass is 373 g/mol. The average Bonchev–Trinajstić information content (AvgIpc) is 2.48. The fourth-order valence-electron chi connectivity index (χ4n) is 2.40. The summed E-state index contributed by atoms with van der Waals surface area (Å²) in [6.07, 6.45) is 0.118. The number of nitrogens with two attached hydrogens (primary N) is 1. The van der Waals surface area contributed by atoms with Gasteiger partial charge >= 0.3 is 11.9 Å². The number of aliphatic carboxylic acids is 2. The second kappa shape index (κ2) is 11.5. The maximum atomic E-state index is 12.4. The molecular weight excluding hydrogens is 342 g/mol. The third-order valence-electron chi connectivity index (χ3n) is 3.66. The summed E-state index contributed by atoms with van der Waals surface area (Å²) in [5.41, 5.74) is 5.78. The largest absolute Gasteiger partial charge is 0.481 e. The zero-order valence-corrected chi connectivity index (χ0v) is 15.8. The Morgan fingerprint density at radius 3 is 1.77 bits per heavy atom. The van der Waals surface area contributed by atoms with E-state index in [1.54, 1.807) is 0 Å². The van der Waals surface area contributed by atoms with E-state index in [4.69, 9.17) is 10.8 Å². The molecule has 0 aliphatic carbocycles. The van der Waals surface area contributed by atoms with Crippen LogP contribution < -0.4 is 16.4 Å². The summed E-state index contributed by atoms with van der Waals surface area (Å²) in [5, 5.41) is 22.9. The summed E-state index contributed by atoms with van der Waals surface area (Å²) in [6.45, 7) is 7.42. The van der Waals surface area contributed by atoms with Gasteiger partial charge in [-0.1, -0.05) is 27.7 Å². The number of carbonyl (C=O) groups is 4. The van der Waals surface area contributed by atoms with Crippen molar-refractivity contribution >= 4 is 23.8 Å². The van der Waals surface area contributed by atoms with Crippen molar-refractivity contribution in [3.8, 4) is 0 Å². The Labute approximate surface area is 153 Å². The van der Waals surface area contributed by atoms with Crippen molar-refractivity contribution in [2.45, 2.75) is 71.5 Å². The first kappa shape index (κ1) is 23.8. The van der Waals surface area contributed by atoms with E-state index >= 15 is 0 Å². The van der Waals surface area contributed by atoms with E-state index in [-0.39, 0.29) is 31.1 Å². The minimum Gasteiger partial charge on any atom is -0.481 e. The molecule has 0 aliphatic heterocycles. The Morgan fingerprint density at radius 2 is 1.35 bits per heavy atom. The van der Waals surface area contributed by atoms with Crippen molar-refractivity contribution in [1.82, 2.24) is 10.6 Å². The number of rotatable bonds is 12. The highest BCUT2D eigenvalue weighted by Gasteiger charge is 2.28. The number of carbonyl (C=O) groups excluding carboxylic acids is 2. The molecule has 9 nitrogen and oxygen atoms in total. The zero-order valence-electron chi connectivity index (χ0n) is 15.8. The molecule has 26 heavy (non-hydrogen) atoms. The molecule has 0 rings (SSSR count). The van der Waals surface area contributed by atoms with Crippen molar-refractivity contribution in [3.05, 3.63) is 0 Å². The predicted molar refractivity (Wildman–Crippen MR) is 95.3 cm³/mol. The van der Waals surface area contributed by atoms with Gasteiger partial charge in [-0.25, -0.2) is 4.79 Å². The van der Waals surface area contributed by atoms with E-state index in [0.717, 1.165) is 0 Å². The van der Waals surface area contributed by atoms with Crippen molar-refractivity contribution in [1.29, 1.82) is 0 Å². The Bertz CT molecular complexity index is 507. The molecule has 0 fully saturated rings. The first-order chi connectivity index (χ1) is 11.9. The first-order valence-corrected chi connectivity index (χ1v) is 8.74. The van der Waals surface area contributed by atoms with Crippen LogP contribution in [0.1, 0.15) is 53.4 Å². The second-order valence-electron chi connectivity index (χ2n) is 7.26. The Balaban J connectivity index is 5.08. The molecular formula is C17H31N3O6. The first-order valence-electron chi connectivity index (χ1n) is 8.74. The molecule has 3 unspecified atom stereocenters. The van der Waals surface area contributed by atoms with Gasteiger partial charge in [0.05, 0.1) is 6.04 Å². The van der Waals surface area contributed by atoms with Crippen molar-refractivity contribution in [2.24, 2.45) is 17.6 Å². The topological polar surface area (TPSA) is 159 Å².